The van der Waals surface area contributed by atoms with Crippen molar-refractivity contribution in [2.75, 3.05) is 26.2 Å². The molecule has 1 fully saturated rings. The summed E-state index contributed by atoms with van der Waals surface area (Å²) in [5.41, 5.74) is 3.27. The van der Waals surface area contributed by atoms with E-state index in [2.05, 4.69) is 17.4 Å². The lowest BCUT2D eigenvalue weighted by molar-refractivity contribution is -0.142. The van der Waals surface area contributed by atoms with E-state index in [1.807, 2.05) is 36.4 Å². The van der Waals surface area contributed by atoms with Crippen LogP contribution >= 0.6 is 0 Å². The van der Waals surface area contributed by atoms with Gasteiger partial charge in [-0.15, -0.1) is 0 Å². The predicted octanol–water partition coefficient (Wildman–Crippen LogP) is 3.25. The van der Waals surface area contributed by atoms with Crippen molar-refractivity contribution in [2.45, 2.75) is 31.3 Å². The van der Waals surface area contributed by atoms with Crippen LogP contribution in [0, 0.1) is 6.92 Å². The molecule has 2 N–H and O–H groups in total. The maximum absolute atomic E-state index is 13.4. The third kappa shape index (κ3) is 5.69. The smallest absolute Gasteiger partial charge is 0.407 e. The van der Waals surface area contributed by atoms with Crippen molar-refractivity contribution < 1.29 is 24.2 Å². The van der Waals surface area contributed by atoms with Crippen molar-refractivity contribution in [2.24, 2.45) is 0 Å². The predicted molar refractivity (Wildman–Crippen MR) is 166 cm³/mol. The van der Waals surface area contributed by atoms with Gasteiger partial charge in [-0.2, -0.15) is 4.57 Å². The monoisotopic (exact) mass is 608 g/mol. The van der Waals surface area contributed by atoms with Crippen molar-refractivity contribution in [3.63, 3.8) is 0 Å². The first-order valence-electron chi connectivity index (χ1n) is 14.7. The average molecular weight is 609 g/mol. The number of aryl methyl sites for hydroxylation is 1. The maximum atomic E-state index is 13.4. The van der Waals surface area contributed by atoms with E-state index in [-0.39, 0.29) is 49.7 Å². The van der Waals surface area contributed by atoms with Crippen LogP contribution in [0.25, 0.3) is 11.1 Å². The highest BCUT2D eigenvalue weighted by Gasteiger charge is 2.38. The van der Waals surface area contributed by atoms with Gasteiger partial charge in [0, 0.05) is 42.9 Å². The molecule has 2 aliphatic rings. The van der Waals surface area contributed by atoms with Crippen LogP contribution in [0.3, 0.4) is 0 Å². The first-order chi connectivity index (χ1) is 21.7. The molecule has 1 aromatic heterocycles. The Labute approximate surface area is 258 Å². The number of alkyl carbamates (subject to hydrolysis) is 1. The second-order valence-electron chi connectivity index (χ2n) is 11.3. The molecule has 0 unspecified atom stereocenters. The van der Waals surface area contributed by atoms with Crippen molar-refractivity contribution in [3.8, 4) is 11.1 Å². The summed E-state index contributed by atoms with van der Waals surface area (Å²) in [6.07, 6.45) is 0.844. The van der Waals surface area contributed by atoms with Gasteiger partial charge in [-0.1, -0.05) is 66.7 Å². The van der Waals surface area contributed by atoms with Crippen LogP contribution in [0.1, 0.15) is 45.4 Å². The molecular formula is C34H32N4O7. The summed E-state index contributed by atoms with van der Waals surface area (Å²) < 4.78 is 7.46. The van der Waals surface area contributed by atoms with E-state index in [0.717, 1.165) is 22.3 Å². The van der Waals surface area contributed by atoms with Gasteiger partial charge in [0.2, 0.25) is 0 Å². The minimum atomic E-state index is -1.07. The number of likely N-dealkylation sites (tertiary alicyclic amines) is 1. The zero-order valence-electron chi connectivity index (χ0n) is 24.6. The highest BCUT2D eigenvalue weighted by molar-refractivity contribution is 5.95. The van der Waals surface area contributed by atoms with Crippen LogP contribution in [0.15, 0.2) is 94.6 Å². The Bertz CT molecular complexity index is 1850. The molecular weight excluding hydrogens is 576 g/mol. The first-order valence-corrected chi connectivity index (χ1v) is 14.7. The van der Waals surface area contributed by atoms with Crippen LogP contribution in [-0.2, 0) is 9.53 Å². The standard InChI is InChI=1S/C34H32N4O7/c1-21-18-37(34(44)38(30(21)39)31(40)22-9-3-2-4-10-22)23-17-29(32(41)42)36(19-23)16-15-35-33(43)45-20-28-26-13-7-5-11-24(26)25-12-6-8-14-27(25)28/h2-14,18,23,28-29H,15-17,19-20H2,1H3,(H,35,43)(H,41,42)/t23-,29-/m1/s1. The number of benzene rings is 3. The Kier molecular flexibility index (Phi) is 8.18. The quantitative estimate of drug-likeness (QED) is 0.311. The number of carboxylic acid groups (broad SMARTS) is 1. The van der Waals surface area contributed by atoms with E-state index in [1.165, 1.54) is 29.8 Å². The summed E-state index contributed by atoms with van der Waals surface area (Å²) in [5.74, 6) is -1.91. The number of aromatic nitrogens is 2. The number of amides is 1. The molecule has 0 radical (unpaired) electrons. The van der Waals surface area contributed by atoms with E-state index >= 15 is 0 Å². The molecule has 3 aromatic carbocycles. The molecule has 1 amide bonds. The molecule has 0 spiro atoms. The Morgan fingerprint density at radius 3 is 2.18 bits per heavy atom. The van der Waals surface area contributed by atoms with Gasteiger partial charge < -0.3 is 15.2 Å². The number of carbonyl (C=O) groups excluding carboxylic acids is 2. The van der Waals surface area contributed by atoms with Crippen LogP contribution < -0.4 is 16.6 Å². The molecule has 230 valence electrons. The molecule has 11 nitrogen and oxygen atoms in total. The summed E-state index contributed by atoms with van der Waals surface area (Å²) in [5, 5.41) is 12.6. The fourth-order valence-corrected chi connectivity index (χ4v) is 6.38. The van der Waals surface area contributed by atoms with Gasteiger partial charge >= 0.3 is 17.8 Å². The molecule has 6 rings (SSSR count). The molecule has 0 bridgehead atoms. The van der Waals surface area contributed by atoms with Gasteiger partial charge in [0.15, 0.2) is 0 Å². The van der Waals surface area contributed by atoms with Gasteiger partial charge in [-0.25, -0.2) is 9.59 Å². The Hall–Kier alpha value is -5.29. The number of carbonyl (C=O) groups is 3. The summed E-state index contributed by atoms with van der Waals surface area (Å²) in [7, 11) is 0. The van der Waals surface area contributed by atoms with Gasteiger partial charge in [0.05, 0.1) is 6.04 Å². The number of hydrogen-bond donors (Lipinski definition) is 2. The van der Waals surface area contributed by atoms with E-state index in [4.69, 9.17) is 4.74 Å². The minimum absolute atomic E-state index is 0.0807. The van der Waals surface area contributed by atoms with Crippen LogP contribution in [0.5, 0.6) is 0 Å². The fourth-order valence-electron chi connectivity index (χ4n) is 6.38. The zero-order chi connectivity index (χ0) is 31.7. The lowest BCUT2D eigenvalue weighted by Crippen LogP contribution is -2.46. The zero-order valence-corrected chi connectivity index (χ0v) is 24.6. The molecule has 45 heavy (non-hydrogen) atoms. The number of ether oxygens (including phenoxy) is 1. The maximum Gasteiger partial charge on any atom is 0.407 e. The van der Waals surface area contributed by atoms with Crippen molar-refractivity contribution in [1.29, 1.82) is 0 Å². The lowest BCUT2D eigenvalue weighted by atomic mass is 9.98. The summed E-state index contributed by atoms with van der Waals surface area (Å²) >= 11 is 0. The highest BCUT2D eigenvalue weighted by atomic mass is 16.5. The fraction of sp³-hybridized carbons (Fsp3) is 0.265. The molecule has 4 aromatic rings. The topological polar surface area (TPSA) is 140 Å². The van der Waals surface area contributed by atoms with Crippen molar-refractivity contribution >= 4 is 18.0 Å². The second-order valence-corrected chi connectivity index (χ2v) is 11.3. The summed E-state index contributed by atoms with van der Waals surface area (Å²) in [6.45, 7) is 2.14. The van der Waals surface area contributed by atoms with Crippen LogP contribution in [-0.4, -0.2) is 69.4 Å². The second kappa shape index (κ2) is 12.4. The van der Waals surface area contributed by atoms with Crippen molar-refractivity contribution in [3.05, 3.63) is 128 Å². The Balaban J connectivity index is 1.11. The van der Waals surface area contributed by atoms with Gasteiger partial charge in [0.25, 0.3) is 11.5 Å². The third-order valence-electron chi connectivity index (χ3n) is 8.58. The summed E-state index contributed by atoms with van der Waals surface area (Å²) in [6, 6.07) is 22.6. The van der Waals surface area contributed by atoms with Gasteiger partial charge in [-0.3, -0.25) is 23.9 Å². The largest absolute Gasteiger partial charge is 0.480 e. The van der Waals surface area contributed by atoms with Crippen molar-refractivity contribution in [1.82, 2.24) is 19.4 Å². The van der Waals surface area contributed by atoms with Crippen LogP contribution in [0.4, 0.5) is 4.79 Å². The SMILES string of the molecule is Cc1cn([C@@H]2C[C@H](C(=O)O)N(CCNC(=O)OCC3c4ccccc4-c4ccccc43)C2)c(=O)n(C(=O)c2ccccc2)c1=O. The van der Waals surface area contributed by atoms with Gasteiger partial charge in [-0.05, 0) is 47.7 Å². The van der Waals surface area contributed by atoms with E-state index < -0.39 is 41.3 Å². The highest BCUT2D eigenvalue weighted by Crippen LogP contribution is 2.44. The number of carboxylic acids is 1. The number of hydrogen-bond acceptors (Lipinski definition) is 7. The average Bonchev–Trinajstić information content (AvgIpc) is 3.62. The number of nitrogens with one attached hydrogen (secondary N) is 1. The number of fused-ring (bicyclic) bond motifs is 3. The molecule has 1 aliphatic heterocycles. The molecule has 2 atom stereocenters. The molecule has 2 heterocycles. The Morgan fingerprint density at radius 1 is 0.911 bits per heavy atom. The van der Waals surface area contributed by atoms with E-state index in [0.29, 0.717) is 4.57 Å². The van der Waals surface area contributed by atoms with Crippen LogP contribution in [0.2, 0.25) is 0 Å². The van der Waals surface area contributed by atoms with E-state index in [9.17, 15) is 29.1 Å². The molecule has 1 saturated heterocycles. The molecule has 11 heteroatoms. The molecule has 1 aliphatic carbocycles. The Morgan fingerprint density at radius 2 is 1.53 bits per heavy atom. The molecule has 0 saturated carbocycles. The minimum Gasteiger partial charge on any atom is -0.480 e. The third-order valence-corrected chi connectivity index (χ3v) is 8.58. The normalized spacial score (nSPS) is 17.4. The van der Waals surface area contributed by atoms with E-state index in [1.54, 1.807) is 23.1 Å². The number of aliphatic carboxylic acids is 1. The number of rotatable bonds is 8. The number of nitrogens with zero attached hydrogens (tertiary/aromatic N) is 3. The lowest BCUT2D eigenvalue weighted by Gasteiger charge is -2.21. The first kappa shape index (κ1) is 29.8. The van der Waals surface area contributed by atoms with Gasteiger partial charge in [0.1, 0.15) is 12.6 Å². The summed E-state index contributed by atoms with van der Waals surface area (Å²) in [4.78, 5) is 65.8.